The van der Waals surface area contributed by atoms with E-state index in [1.165, 1.54) is 11.8 Å². The zero-order valence-electron chi connectivity index (χ0n) is 12.1. The van der Waals surface area contributed by atoms with E-state index in [1.54, 1.807) is 4.90 Å². The number of hydrogen-bond donors (Lipinski definition) is 1. The van der Waals surface area contributed by atoms with Crippen LogP contribution in [0.2, 0.25) is 0 Å². The van der Waals surface area contributed by atoms with E-state index in [2.05, 4.69) is 0 Å². The molecule has 2 heterocycles. The number of hydrogen-bond acceptors (Lipinski definition) is 4. The Balaban J connectivity index is 1.73. The predicted octanol–water partition coefficient (Wildman–Crippen LogP) is 1.65. The molecule has 0 aromatic carbocycles. The minimum absolute atomic E-state index is 0.0702. The Labute approximate surface area is 128 Å². The second-order valence-corrected chi connectivity index (χ2v) is 6.68. The topological polar surface area (TPSA) is 77.9 Å². The number of likely N-dealkylation sites (tertiary alicyclic amines) is 1. The molecule has 1 atom stereocenters. The molecule has 0 spiro atoms. The Morgan fingerprint density at radius 3 is 2.76 bits per heavy atom. The van der Waals surface area contributed by atoms with Crippen LogP contribution in [0.1, 0.15) is 32.1 Å². The van der Waals surface area contributed by atoms with Crippen molar-refractivity contribution in [1.82, 2.24) is 9.80 Å². The SMILES string of the molecule is O=C(O)CCC1CCCN(C(=O)CCN2CCSC2=O)C1. The van der Waals surface area contributed by atoms with Crippen LogP contribution in [0, 0.1) is 5.92 Å². The van der Waals surface area contributed by atoms with Gasteiger partial charge in [-0.1, -0.05) is 11.8 Å². The van der Waals surface area contributed by atoms with Gasteiger partial charge in [0.25, 0.3) is 5.24 Å². The quantitative estimate of drug-likeness (QED) is 0.806. The van der Waals surface area contributed by atoms with Gasteiger partial charge in [-0.25, -0.2) is 0 Å². The minimum atomic E-state index is -0.775. The predicted molar refractivity (Wildman–Crippen MR) is 80.2 cm³/mol. The van der Waals surface area contributed by atoms with Crippen molar-refractivity contribution in [1.29, 1.82) is 0 Å². The highest BCUT2D eigenvalue weighted by molar-refractivity contribution is 8.13. The van der Waals surface area contributed by atoms with Crippen LogP contribution in [-0.2, 0) is 9.59 Å². The molecular formula is C14H22N2O4S. The maximum atomic E-state index is 12.2. The van der Waals surface area contributed by atoms with Crippen LogP contribution in [0.25, 0.3) is 0 Å². The normalized spacial score (nSPS) is 22.7. The van der Waals surface area contributed by atoms with Gasteiger partial charge in [0.2, 0.25) is 5.91 Å². The zero-order valence-corrected chi connectivity index (χ0v) is 12.9. The second kappa shape index (κ2) is 7.68. The summed E-state index contributed by atoms with van der Waals surface area (Å²) in [5, 5.41) is 8.80. The van der Waals surface area contributed by atoms with Crippen molar-refractivity contribution in [2.45, 2.75) is 32.1 Å². The minimum Gasteiger partial charge on any atom is -0.481 e. The maximum absolute atomic E-state index is 12.2. The molecule has 2 aliphatic rings. The van der Waals surface area contributed by atoms with Crippen molar-refractivity contribution < 1.29 is 19.5 Å². The molecular weight excluding hydrogens is 292 g/mol. The van der Waals surface area contributed by atoms with E-state index in [0.29, 0.717) is 31.8 Å². The lowest BCUT2D eigenvalue weighted by molar-refractivity contribution is -0.137. The van der Waals surface area contributed by atoms with Crippen molar-refractivity contribution in [2.24, 2.45) is 5.92 Å². The number of amides is 2. The van der Waals surface area contributed by atoms with Crippen LogP contribution in [0.5, 0.6) is 0 Å². The number of carbonyl (C=O) groups excluding carboxylic acids is 2. The number of nitrogens with zero attached hydrogens (tertiary/aromatic N) is 2. The summed E-state index contributed by atoms with van der Waals surface area (Å²) < 4.78 is 0. The molecule has 0 saturated carbocycles. The third-order valence-corrected chi connectivity index (χ3v) is 4.97. The number of rotatable bonds is 6. The van der Waals surface area contributed by atoms with E-state index < -0.39 is 5.97 Å². The van der Waals surface area contributed by atoms with Gasteiger partial charge in [-0.2, -0.15) is 0 Å². The van der Waals surface area contributed by atoms with Crippen LogP contribution >= 0.6 is 11.8 Å². The highest BCUT2D eigenvalue weighted by Crippen LogP contribution is 2.22. The molecule has 2 fully saturated rings. The first kappa shape index (κ1) is 16.1. The zero-order chi connectivity index (χ0) is 15.2. The molecule has 0 radical (unpaired) electrons. The molecule has 0 bridgehead atoms. The first-order valence-electron chi connectivity index (χ1n) is 7.47. The van der Waals surface area contributed by atoms with Crippen LogP contribution in [0.3, 0.4) is 0 Å². The van der Waals surface area contributed by atoms with E-state index in [0.717, 1.165) is 31.7 Å². The standard InChI is InChI=1S/C14H22N2O4S/c17-12(5-7-15-8-9-21-14(15)20)16-6-1-2-11(10-16)3-4-13(18)19/h11H,1-10H2,(H,18,19). The van der Waals surface area contributed by atoms with Gasteiger partial charge < -0.3 is 14.9 Å². The summed E-state index contributed by atoms with van der Waals surface area (Å²) in [6, 6.07) is 0. The van der Waals surface area contributed by atoms with E-state index in [-0.39, 0.29) is 17.6 Å². The smallest absolute Gasteiger partial charge is 0.303 e. The maximum Gasteiger partial charge on any atom is 0.303 e. The molecule has 0 aliphatic carbocycles. The van der Waals surface area contributed by atoms with Crippen molar-refractivity contribution >= 4 is 28.9 Å². The molecule has 6 nitrogen and oxygen atoms in total. The molecule has 118 valence electrons. The van der Waals surface area contributed by atoms with Gasteiger partial charge in [0.05, 0.1) is 0 Å². The van der Waals surface area contributed by atoms with Gasteiger partial charge in [0.1, 0.15) is 0 Å². The molecule has 2 rings (SSSR count). The van der Waals surface area contributed by atoms with E-state index in [4.69, 9.17) is 5.11 Å². The van der Waals surface area contributed by atoms with Gasteiger partial charge in [0.15, 0.2) is 0 Å². The summed E-state index contributed by atoms with van der Waals surface area (Å²) in [4.78, 5) is 37.9. The third kappa shape index (κ3) is 4.91. The van der Waals surface area contributed by atoms with Crippen molar-refractivity contribution in [3.05, 3.63) is 0 Å². The summed E-state index contributed by atoms with van der Waals surface area (Å²) in [5.41, 5.74) is 0. The first-order valence-corrected chi connectivity index (χ1v) is 8.46. The number of carboxylic acid groups (broad SMARTS) is 1. The Kier molecular flexibility index (Phi) is 5.90. The summed E-state index contributed by atoms with van der Waals surface area (Å²) >= 11 is 1.31. The fourth-order valence-electron chi connectivity index (χ4n) is 2.87. The Morgan fingerprint density at radius 2 is 2.10 bits per heavy atom. The van der Waals surface area contributed by atoms with Crippen molar-refractivity contribution in [3.63, 3.8) is 0 Å². The Morgan fingerprint density at radius 1 is 1.29 bits per heavy atom. The Bertz CT molecular complexity index is 416. The van der Waals surface area contributed by atoms with Gasteiger partial charge in [-0.05, 0) is 25.2 Å². The number of aliphatic carboxylic acids is 1. The average Bonchev–Trinajstić information content (AvgIpc) is 2.88. The highest BCUT2D eigenvalue weighted by atomic mass is 32.2. The van der Waals surface area contributed by atoms with Crippen LogP contribution in [-0.4, -0.2) is 64.0 Å². The number of piperidine rings is 1. The van der Waals surface area contributed by atoms with Crippen LogP contribution in [0.4, 0.5) is 4.79 Å². The molecule has 21 heavy (non-hydrogen) atoms. The van der Waals surface area contributed by atoms with E-state index in [1.807, 2.05) is 4.90 Å². The summed E-state index contributed by atoms with van der Waals surface area (Å²) in [7, 11) is 0. The van der Waals surface area contributed by atoms with Crippen molar-refractivity contribution in [2.75, 3.05) is 31.9 Å². The molecule has 7 heteroatoms. The van der Waals surface area contributed by atoms with Crippen molar-refractivity contribution in [3.8, 4) is 0 Å². The van der Waals surface area contributed by atoms with E-state index in [9.17, 15) is 14.4 Å². The largest absolute Gasteiger partial charge is 0.481 e. The first-order chi connectivity index (χ1) is 10.1. The Hall–Kier alpha value is -1.24. The second-order valence-electron chi connectivity index (χ2n) is 5.63. The molecule has 1 unspecified atom stereocenters. The molecule has 0 aromatic heterocycles. The molecule has 2 amide bonds. The average molecular weight is 314 g/mol. The monoisotopic (exact) mass is 314 g/mol. The molecule has 0 aromatic rings. The van der Waals surface area contributed by atoms with Crippen LogP contribution in [0.15, 0.2) is 0 Å². The summed E-state index contributed by atoms with van der Waals surface area (Å²) in [6.07, 6.45) is 3.12. The van der Waals surface area contributed by atoms with Gasteiger partial charge in [-0.3, -0.25) is 14.4 Å². The molecule has 2 aliphatic heterocycles. The highest BCUT2D eigenvalue weighted by Gasteiger charge is 2.26. The fraction of sp³-hybridized carbons (Fsp3) is 0.786. The summed E-state index contributed by atoms with van der Waals surface area (Å²) in [5.74, 6) is 0.416. The van der Waals surface area contributed by atoms with Crippen LogP contribution < -0.4 is 0 Å². The van der Waals surface area contributed by atoms with Gasteiger partial charge in [-0.15, -0.1) is 0 Å². The number of carbonyl (C=O) groups is 3. The molecule has 1 N–H and O–H groups in total. The molecule has 2 saturated heterocycles. The number of thioether (sulfide) groups is 1. The third-order valence-electron chi connectivity index (χ3n) is 4.08. The van der Waals surface area contributed by atoms with Gasteiger partial charge in [0, 0.05) is 44.8 Å². The lowest BCUT2D eigenvalue weighted by Crippen LogP contribution is -2.41. The van der Waals surface area contributed by atoms with E-state index >= 15 is 0 Å². The van der Waals surface area contributed by atoms with Gasteiger partial charge >= 0.3 is 5.97 Å². The lowest BCUT2D eigenvalue weighted by Gasteiger charge is -2.33. The lowest BCUT2D eigenvalue weighted by atomic mass is 9.93. The summed E-state index contributed by atoms with van der Waals surface area (Å²) in [6.45, 7) is 2.65. The number of carboxylic acids is 1. The fourth-order valence-corrected chi connectivity index (χ4v) is 3.72.